The van der Waals surface area contributed by atoms with Crippen LogP contribution in [0.1, 0.15) is 25.1 Å². The van der Waals surface area contributed by atoms with Crippen LogP contribution in [0.25, 0.3) is 10.8 Å². The molecule has 0 bridgehead atoms. The van der Waals surface area contributed by atoms with E-state index in [0.29, 0.717) is 16.4 Å². The molecule has 0 radical (unpaired) electrons. The highest BCUT2D eigenvalue weighted by Gasteiger charge is 2.39. The number of thiophene rings is 1. The summed E-state index contributed by atoms with van der Waals surface area (Å²) in [5, 5.41) is 9.56. The third-order valence-corrected chi connectivity index (χ3v) is 6.64. The van der Waals surface area contributed by atoms with Crippen LogP contribution in [0.3, 0.4) is 0 Å². The number of nitrogens with zero attached hydrogens (tertiary/aromatic N) is 4. The normalized spacial score (nSPS) is 16.6. The van der Waals surface area contributed by atoms with E-state index in [1.165, 1.54) is 28.3 Å². The monoisotopic (exact) mass is 380 g/mol. The Hall–Kier alpha value is -2.24. The summed E-state index contributed by atoms with van der Waals surface area (Å²) in [5.74, 6) is 0.582. The molecule has 132 valence electrons. The van der Waals surface area contributed by atoms with Crippen LogP contribution in [-0.2, 0) is 22.6 Å². The third-order valence-electron chi connectivity index (χ3n) is 4.19. The van der Waals surface area contributed by atoms with E-state index in [1.807, 2.05) is 0 Å². The van der Waals surface area contributed by atoms with E-state index in [0.717, 1.165) is 19.3 Å². The molecule has 1 fully saturated rings. The number of anilines is 1. The first-order chi connectivity index (χ1) is 11.9. The van der Waals surface area contributed by atoms with Crippen LogP contribution < -0.4 is 10.5 Å². The number of aromatic nitrogens is 4. The number of aryl methyl sites for hydroxylation is 1. The topological polar surface area (TPSA) is 129 Å². The van der Waals surface area contributed by atoms with Crippen molar-refractivity contribution in [3.05, 3.63) is 29.7 Å². The zero-order chi connectivity index (χ0) is 17.7. The molecule has 0 spiro atoms. The van der Waals surface area contributed by atoms with Gasteiger partial charge in [-0.05, 0) is 30.7 Å². The molecule has 1 aliphatic rings. The molecule has 3 aromatic heterocycles. The maximum Gasteiger partial charge on any atom is 0.269 e. The van der Waals surface area contributed by atoms with E-state index in [-0.39, 0.29) is 10.8 Å². The first-order valence-corrected chi connectivity index (χ1v) is 9.96. The summed E-state index contributed by atoms with van der Waals surface area (Å²) in [7, 11) is -2.10. The summed E-state index contributed by atoms with van der Waals surface area (Å²) in [6.07, 6.45) is 5.62. The van der Waals surface area contributed by atoms with E-state index in [2.05, 4.69) is 20.0 Å². The second kappa shape index (κ2) is 5.64. The molecule has 9 nitrogen and oxygen atoms in total. The minimum atomic E-state index is -3.81. The Morgan fingerprint density at radius 1 is 1.44 bits per heavy atom. The predicted molar refractivity (Wildman–Crippen MR) is 91.3 cm³/mol. The van der Waals surface area contributed by atoms with Crippen LogP contribution in [0, 0.1) is 0 Å². The standard InChI is InChI=1S/C14H16N6O3S2/c1-20-8-9(7-16-20)19-25(21,22)10-3-6-24-11(10)12-17-13(18-23-12)14(15)4-2-5-14/h3,6-8,19H,2,4-5,15H2,1H3. The van der Waals surface area contributed by atoms with Crippen molar-refractivity contribution >= 4 is 27.0 Å². The van der Waals surface area contributed by atoms with Gasteiger partial charge >= 0.3 is 0 Å². The van der Waals surface area contributed by atoms with Gasteiger partial charge < -0.3 is 10.3 Å². The molecular weight excluding hydrogens is 364 g/mol. The Morgan fingerprint density at radius 3 is 2.88 bits per heavy atom. The minimum absolute atomic E-state index is 0.0798. The third kappa shape index (κ3) is 2.83. The molecule has 25 heavy (non-hydrogen) atoms. The zero-order valence-electron chi connectivity index (χ0n) is 13.3. The van der Waals surface area contributed by atoms with Crippen molar-refractivity contribution in [1.82, 2.24) is 19.9 Å². The molecular formula is C14H16N6O3S2. The maximum absolute atomic E-state index is 12.7. The van der Waals surface area contributed by atoms with Crippen molar-refractivity contribution < 1.29 is 12.9 Å². The zero-order valence-corrected chi connectivity index (χ0v) is 15.0. The highest BCUT2D eigenvalue weighted by atomic mass is 32.2. The van der Waals surface area contributed by atoms with E-state index in [1.54, 1.807) is 18.6 Å². The summed E-state index contributed by atoms with van der Waals surface area (Å²) in [5.41, 5.74) is 6.01. The van der Waals surface area contributed by atoms with Gasteiger partial charge in [0.25, 0.3) is 15.9 Å². The first-order valence-electron chi connectivity index (χ1n) is 7.60. The fourth-order valence-electron chi connectivity index (χ4n) is 2.65. The van der Waals surface area contributed by atoms with Crippen molar-refractivity contribution in [3.63, 3.8) is 0 Å². The van der Waals surface area contributed by atoms with E-state index >= 15 is 0 Å². The van der Waals surface area contributed by atoms with Crippen molar-refractivity contribution in [1.29, 1.82) is 0 Å². The van der Waals surface area contributed by atoms with Crippen LogP contribution in [0.5, 0.6) is 0 Å². The average molecular weight is 380 g/mol. The SMILES string of the molecule is Cn1cc(NS(=O)(=O)c2ccsc2-c2nc(C3(N)CCC3)no2)cn1. The van der Waals surface area contributed by atoms with E-state index in [4.69, 9.17) is 10.3 Å². The molecule has 0 unspecified atom stereocenters. The number of sulfonamides is 1. The van der Waals surface area contributed by atoms with Crippen LogP contribution in [-0.4, -0.2) is 28.3 Å². The lowest BCUT2D eigenvalue weighted by Gasteiger charge is -2.34. The molecule has 4 rings (SSSR count). The van der Waals surface area contributed by atoms with Crippen LogP contribution in [0.15, 0.2) is 33.3 Å². The van der Waals surface area contributed by atoms with Crippen LogP contribution in [0.2, 0.25) is 0 Å². The van der Waals surface area contributed by atoms with Crippen LogP contribution in [0.4, 0.5) is 5.69 Å². The molecule has 0 atom stereocenters. The lowest BCUT2D eigenvalue weighted by molar-refractivity contribution is 0.229. The Labute approximate surface area is 147 Å². The van der Waals surface area contributed by atoms with E-state index < -0.39 is 15.6 Å². The van der Waals surface area contributed by atoms with Crippen molar-refractivity contribution in [2.24, 2.45) is 12.8 Å². The Bertz CT molecular complexity index is 1010. The van der Waals surface area contributed by atoms with Crippen molar-refractivity contribution in [3.8, 4) is 10.8 Å². The Morgan fingerprint density at radius 2 is 2.24 bits per heavy atom. The lowest BCUT2D eigenvalue weighted by atomic mass is 9.77. The number of rotatable bonds is 5. The summed E-state index contributed by atoms with van der Waals surface area (Å²) in [6, 6.07) is 1.50. The second-order valence-electron chi connectivity index (χ2n) is 6.05. The highest BCUT2D eigenvalue weighted by Crippen LogP contribution is 2.39. The molecule has 3 N–H and O–H groups in total. The lowest BCUT2D eigenvalue weighted by Crippen LogP contribution is -2.44. The van der Waals surface area contributed by atoms with Gasteiger partial charge in [-0.25, -0.2) is 8.42 Å². The minimum Gasteiger partial charge on any atom is -0.333 e. The van der Waals surface area contributed by atoms with Crippen molar-refractivity contribution in [2.45, 2.75) is 29.7 Å². The number of hydrogen-bond donors (Lipinski definition) is 2. The summed E-state index contributed by atoms with van der Waals surface area (Å²) in [6.45, 7) is 0. The first kappa shape index (κ1) is 16.2. The molecule has 0 amide bonds. The van der Waals surface area contributed by atoms with E-state index in [9.17, 15) is 8.42 Å². The van der Waals surface area contributed by atoms with Gasteiger partial charge in [0.2, 0.25) is 0 Å². The van der Waals surface area contributed by atoms with Gasteiger partial charge in [0.15, 0.2) is 5.82 Å². The molecule has 0 aliphatic heterocycles. The Kier molecular flexibility index (Phi) is 3.67. The van der Waals surface area contributed by atoms with Crippen LogP contribution >= 0.6 is 11.3 Å². The van der Waals surface area contributed by atoms with Gasteiger partial charge in [-0.2, -0.15) is 10.1 Å². The average Bonchev–Trinajstić information content (AvgIpc) is 3.23. The second-order valence-corrected chi connectivity index (χ2v) is 8.62. The largest absolute Gasteiger partial charge is 0.333 e. The summed E-state index contributed by atoms with van der Waals surface area (Å²) < 4.78 is 34.6. The van der Waals surface area contributed by atoms with Crippen molar-refractivity contribution in [2.75, 3.05) is 4.72 Å². The number of hydrogen-bond acceptors (Lipinski definition) is 8. The van der Waals surface area contributed by atoms with Gasteiger partial charge in [-0.3, -0.25) is 9.40 Å². The smallest absolute Gasteiger partial charge is 0.269 e. The molecule has 11 heteroatoms. The number of nitrogens with one attached hydrogen (secondary N) is 1. The molecule has 1 aliphatic carbocycles. The Balaban J connectivity index is 1.66. The van der Waals surface area contributed by atoms with Gasteiger partial charge in [0.1, 0.15) is 9.77 Å². The van der Waals surface area contributed by atoms with Gasteiger partial charge in [-0.15, -0.1) is 11.3 Å². The fraction of sp³-hybridized carbons (Fsp3) is 0.357. The fourth-order valence-corrected chi connectivity index (χ4v) is 5.02. The summed E-state index contributed by atoms with van der Waals surface area (Å²) >= 11 is 1.22. The van der Waals surface area contributed by atoms with Gasteiger partial charge in [0.05, 0.1) is 17.4 Å². The molecule has 0 aromatic carbocycles. The number of nitrogens with two attached hydrogens (primary N) is 1. The quantitative estimate of drug-likeness (QED) is 0.689. The molecule has 0 saturated heterocycles. The predicted octanol–water partition coefficient (Wildman–Crippen LogP) is 1.67. The molecule has 3 heterocycles. The maximum atomic E-state index is 12.7. The summed E-state index contributed by atoms with van der Waals surface area (Å²) in [4.78, 5) is 4.80. The molecule has 1 saturated carbocycles. The highest BCUT2D eigenvalue weighted by molar-refractivity contribution is 7.93. The molecule has 3 aromatic rings. The van der Waals surface area contributed by atoms with Gasteiger partial charge in [0, 0.05) is 13.2 Å². The van der Waals surface area contributed by atoms with Gasteiger partial charge in [-0.1, -0.05) is 5.16 Å².